The minimum Gasteiger partial charge on any atom is -0.310 e. The number of hydrogen-bond acceptors (Lipinski definition) is 1. The quantitative estimate of drug-likeness (QED) is 0.150. The summed E-state index contributed by atoms with van der Waals surface area (Å²) in [5, 5.41) is 4.92. The summed E-state index contributed by atoms with van der Waals surface area (Å²) in [4.78, 5) is 2.42. The van der Waals surface area contributed by atoms with E-state index in [1.165, 1.54) is 66.0 Å². The summed E-state index contributed by atoms with van der Waals surface area (Å²) < 4.78 is 2.44. The lowest BCUT2D eigenvalue weighted by atomic mass is 9.94. The van der Waals surface area contributed by atoms with Crippen molar-refractivity contribution in [3.05, 3.63) is 243 Å². The maximum Gasteiger partial charge on any atom is 0.0561 e. The van der Waals surface area contributed by atoms with Crippen molar-refractivity contribution >= 4 is 49.6 Å². The first kappa shape index (κ1) is 35.2. The van der Waals surface area contributed by atoms with E-state index in [1.54, 1.807) is 0 Å². The van der Waals surface area contributed by atoms with Crippen molar-refractivity contribution < 1.29 is 0 Å². The van der Waals surface area contributed by atoms with Crippen molar-refractivity contribution in [2.75, 3.05) is 4.90 Å². The molecule has 60 heavy (non-hydrogen) atoms. The number of aromatic nitrogens is 1. The molecule has 11 aromatic rings. The normalized spacial score (nSPS) is 11.3. The first-order valence-electron chi connectivity index (χ1n) is 20.6. The molecule has 0 N–H and O–H groups in total. The molecule has 0 bridgehead atoms. The number of rotatable bonds is 8. The third-order valence-electron chi connectivity index (χ3n) is 11.8. The standard InChI is InChI=1S/C58H40N2/c1-5-18-42(19-6-1)51-34-32-49(39-54(51)43-20-7-2-8-21-43)60-56-28-16-15-27-52(56)53-35-33-50(40-58(53)60)59(48-25-11-4-12-26-48)57-36-31-47(38-55(57)44-22-9-3-10-23-44)46-30-29-41-17-13-14-24-45(41)37-46/h1-40H. The van der Waals surface area contributed by atoms with Gasteiger partial charge in [-0.25, -0.2) is 0 Å². The molecule has 0 saturated carbocycles. The molecular weight excluding hydrogens is 725 g/mol. The SMILES string of the molecule is c1ccc(-c2ccc(-n3c4ccccc4c4ccc(N(c5ccccc5)c5ccc(-c6ccc7ccccc7c6)cc5-c5ccccc5)cc43)cc2-c2ccccc2)cc1. The summed E-state index contributed by atoms with van der Waals surface area (Å²) >= 11 is 0. The summed E-state index contributed by atoms with van der Waals surface area (Å²) in [5.41, 5.74) is 16.2. The zero-order chi connectivity index (χ0) is 39.8. The van der Waals surface area contributed by atoms with E-state index in [1.807, 2.05) is 0 Å². The predicted molar refractivity (Wildman–Crippen MR) is 255 cm³/mol. The van der Waals surface area contributed by atoms with Crippen molar-refractivity contribution in [2.45, 2.75) is 0 Å². The highest BCUT2D eigenvalue weighted by Gasteiger charge is 2.21. The number of hydrogen-bond donors (Lipinski definition) is 0. The Kier molecular flexibility index (Phi) is 8.87. The number of anilines is 3. The first-order valence-corrected chi connectivity index (χ1v) is 20.6. The molecule has 0 atom stereocenters. The Bertz CT molecular complexity index is 3300. The minimum absolute atomic E-state index is 1.08. The summed E-state index contributed by atoms with van der Waals surface area (Å²) in [6, 6.07) is 88.0. The highest BCUT2D eigenvalue weighted by molar-refractivity contribution is 6.11. The molecule has 1 aromatic heterocycles. The topological polar surface area (TPSA) is 8.17 Å². The van der Waals surface area contributed by atoms with Crippen LogP contribution < -0.4 is 4.90 Å². The largest absolute Gasteiger partial charge is 0.310 e. The molecular formula is C58H40N2. The summed E-state index contributed by atoms with van der Waals surface area (Å²) in [6.45, 7) is 0. The van der Waals surface area contributed by atoms with Gasteiger partial charge in [0.25, 0.3) is 0 Å². The predicted octanol–water partition coefficient (Wildman–Crippen LogP) is 16.1. The number of benzene rings is 10. The van der Waals surface area contributed by atoms with Gasteiger partial charge in [0.15, 0.2) is 0 Å². The summed E-state index contributed by atoms with van der Waals surface area (Å²) in [5.74, 6) is 0. The zero-order valence-corrected chi connectivity index (χ0v) is 33.0. The monoisotopic (exact) mass is 764 g/mol. The van der Waals surface area contributed by atoms with E-state index >= 15 is 0 Å². The lowest BCUT2D eigenvalue weighted by Gasteiger charge is -2.28. The van der Waals surface area contributed by atoms with Crippen LogP contribution in [0.15, 0.2) is 243 Å². The lowest BCUT2D eigenvalue weighted by Crippen LogP contribution is -2.11. The van der Waals surface area contributed by atoms with E-state index in [0.29, 0.717) is 0 Å². The molecule has 10 aromatic carbocycles. The van der Waals surface area contributed by atoms with Gasteiger partial charge in [-0.2, -0.15) is 0 Å². The van der Waals surface area contributed by atoms with Crippen LogP contribution in [0.2, 0.25) is 0 Å². The van der Waals surface area contributed by atoms with Crippen LogP contribution in [0.4, 0.5) is 17.1 Å². The van der Waals surface area contributed by atoms with Crippen molar-refractivity contribution in [3.8, 4) is 50.2 Å². The van der Waals surface area contributed by atoms with E-state index in [0.717, 1.165) is 33.8 Å². The van der Waals surface area contributed by atoms with E-state index in [9.17, 15) is 0 Å². The lowest BCUT2D eigenvalue weighted by molar-refractivity contribution is 1.18. The van der Waals surface area contributed by atoms with E-state index in [2.05, 4.69) is 252 Å². The molecule has 282 valence electrons. The van der Waals surface area contributed by atoms with Crippen LogP contribution in [0.3, 0.4) is 0 Å². The smallest absolute Gasteiger partial charge is 0.0561 e. The van der Waals surface area contributed by atoms with Crippen LogP contribution in [0.25, 0.3) is 82.8 Å². The van der Waals surface area contributed by atoms with Crippen LogP contribution >= 0.6 is 0 Å². The number of nitrogens with zero attached hydrogens (tertiary/aromatic N) is 2. The van der Waals surface area contributed by atoms with Gasteiger partial charge in [-0.1, -0.05) is 182 Å². The van der Waals surface area contributed by atoms with Gasteiger partial charge in [-0.15, -0.1) is 0 Å². The fraction of sp³-hybridized carbons (Fsp3) is 0. The molecule has 11 rings (SSSR count). The van der Waals surface area contributed by atoms with Crippen molar-refractivity contribution in [1.82, 2.24) is 4.57 Å². The molecule has 0 aliphatic heterocycles. The molecule has 2 heteroatoms. The second kappa shape index (κ2) is 15.1. The van der Waals surface area contributed by atoms with Crippen LogP contribution in [0.5, 0.6) is 0 Å². The van der Waals surface area contributed by atoms with Gasteiger partial charge in [-0.05, 0) is 110 Å². The second-order valence-electron chi connectivity index (χ2n) is 15.3. The molecule has 0 aliphatic rings. The Balaban J connectivity index is 1.13. The van der Waals surface area contributed by atoms with Crippen molar-refractivity contribution in [1.29, 1.82) is 0 Å². The molecule has 0 radical (unpaired) electrons. The molecule has 1 heterocycles. The average molecular weight is 765 g/mol. The van der Waals surface area contributed by atoms with Gasteiger partial charge in [-0.3, -0.25) is 0 Å². The molecule has 0 amide bonds. The van der Waals surface area contributed by atoms with E-state index in [-0.39, 0.29) is 0 Å². The average Bonchev–Trinajstić information content (AvgIpc) is 3.66. The van der Waals surface area contributed by atoms with Crippen LogP contribution in [0.1, 0.15) is 0 Å². The number of para-hydroxylation sites is 2. The second-order valence-corrected chi connectivity index (χ2v) is 15.3. The zero-order valence-electron chi connectivity index (χ0n) is 33.0. The third kappa shape index (κ3) is 6.32. The maximum absolute atomic E-state index is 2.44. The Morgan fingerprint density at radius 2 is 0.850 bits per heavy atom. The van der Waals surface area contributed by atoms with Gasteiger partial charge in [0.05, 0.1) is 16.7 Å². The van der Waals surface area contributed by atoms with Crippen LogP contribution in [-0.4, -0.2) is 4.57 Å². The van der Waals surface area contributed by atoms with E-state index in [4.69, 9.17) is 0 Å². The van der Waals surface area contributed by atoms with E-state index < -0.39 is 0 Å². The van der Waals surface area contributed by atoms with Gasteiger partial charge in [0.2, 0.25) is 0 Å². The maximum atomic E-state index is 2.44. The third-order valence-corrected chi connectivity index (χ3v) is 11.8. The first-order chi connectivity index (χ1) is 29.8. The van der Waals surface area contributed by atoms with Gasteiger partial charge >= 0.3 is 0 Å². The summed E-state index contributed by atoms with van der Waals surface area (Å²) in [7, 11) is 0. The van der Waals surface area contributed by atoms with Crippen LogP contribution in [0, 0.1) is 0 Å². The number of fused-ring (bicyclic) bond motifs is 4. The molecule has 0 fully saturated rings. The molecule has 0 spiro atoms. The van der Waals surface area contributed by atoms with Gasteiger partial charge in [0.1, 0.15) is 0 Å². The fourth-order valence-corrected chi connectivity index (χ4v) is 8.91. The Labute approximate surface area is 350 Å². The van der Waals surface area contributed by atoms with Crippen molar-refractivity contribution in [3.63, 3.8) is 0 Å². The Morgan fingerprint density at radius 1 is 0.283 bits per heavy atom. The highest BCUT2D eigenvalue weighted by Crippen LogP contribution is 2.45. The summed E-state index contributed by atoms with van der Waals surface area (Å²) in [6.07, 6.45) is 0. The Hall–Kier alpha value is -7.94. The van der Waals surface area contributed by atoms with Gasteiger partial charge in [0, 0.05) is 33.4 Å². The molecule has 0 aliphatic carbocycles. The molecule has 2 nitrogen and oxygen atoms in total. The Morgan fingerprint density at radius 3 is 1.58 bits per heavy atom. The highest BCUT2D eigenvalue weighted by atomic mass is 15.1. The van der Waals surface area contributed by atoms with Crippen molar-refractivity contribution in [2.24, 2.45) is 0 Å². The van der Waals surface area contributed by atoms with Crippen LogP contribution in [-0.2, 0) is 0 Å². The molecule has 0 unspecified atom stereocenters. The molecule has 0 saturated heterocycles. The minimum atomic E-state index is 1.08. The fourth-order valence-electron chi connectivity index (χ4n) is 8.91. The van der Waals surface area contributed by atoms with Gasteiger partial charge < -0.3 is 9.47 Å².